The minimum atomic E-state index is -0.425. The molecule has 6 nitrogen and oxygen atoms in total. The third-order valence-corrected chi connectivity index (χ3v) is 6.11. The van der Waals surface area contributed by atoms with E-state index in [-0.39, 0.29) is 18.2 Å². The first kappa shape index (κ1) is 18.1. The summed E-state index contributed by atoms with van der Waals surface area (Å²) in [6.07, 6.45) is 2.28. The maximum atomic E-state index is 12.0. The van der Waals surface area contributed by atoms with Gasteiger partial charge in [-0.05, 0) is 39.2 Å². The number of aromatic nitrogens is 2. The molecular weight excluding hydrogens is 358 g/mol. The lowest BCUT2D eigenvalue weighted by Gasteiger charge is -2.07. The Hall–Kier alpha value is -1.67. The molecule has 0 bridgehead atoms. The molecule has 0 saturated heterocycles. The second kappa shape index (κ2) is 7.70. The van der Waals surface area contributed by atoms with E-state index in [4.69, 9.17) is 14.7 Å². The van der Waals surface area contributed by atoms with E-state index in [0.717, 1.165) is 33.9 Å². The third kappa shape index (κ3) is 4.30. The maximum Gasteiger partial charge on any atom is 0.325 e. The summed E-state index contributed by atoms with van der Waals surface area (Å²) in [6, 6.07) is 0. The van der Waals surface area contributed by atoms with Gasteiger partial charge in [0.1, 0.15) is 22.2 Å². The van der Waals surface area contributed by atoms with Crippen molar-refractivity contribution in [1.29, 1.82) is 0 Å². The Kier molecular flexibility index (Phi) is 5.58. The molecular formula is C17H21N3O3S2. The number of nitrogens with zero attached hydrogens (tertiary/aromatic N) is 2. The number of hydrogen-bond acceptors (Lipinski definition) is 7. The number of fused-ring (bicyclic) bond motifs is 1. The maximum absolute atomic E-state index is 12.0. The number of esters is 1. The third-order valence-electron chi connectivity index (χ3n) is 4.03. The van der Waals surface area contributed by atoms with Crippen LogP contribution in [-0.2, 0) is 14.3 Å². The number of carbonyl (C=O) groups is 2. The molecule has 0 atom stereocenters. The summed E-state index contributed by atoms with van der Waals surface area (Å²) < 4.78 is 4.80. The van der Waals surface area contributed by atoms with Crippen molar-refractivity contribution in [2.24, 2.45) is 0 Å². The normalized spacial score (nSPS) is 13.9. The highest BCUT2D eigenvalue weighted by Crippen LogP contribution is 2.42. The number of carbonyl (C=O) groups excluding carboxylic acids is 2. The van der Waals surface area contributed by atoms with Gasteiger partial charge < -0.3 is 10.1 Å². The van der Waals surface area contributed by atoms with Crippen molar-refractivity contribution >= 4 is 45.2 Å². The molecule has 8 heteroatoms. The van der Waals surface area contributed by atoms with Gasteiger partial charge in [0.05, 0.1) is 12.4 Å². The van der Waals surface area contributed by atoms with Gasteiger partial charge in [-0.2, -0.15) is 0 Å². The lowest BCUT2D eigenvalue weighted by atomic mass is 10.2. The molecule has 0 unspecified atom stereocenters. The molecule has 0 aromatic carbocycles. The number of hydrogen-bond donors (Lipinski definition) is 1. The van der Waals surface area contributed by atoms with Crippen LogP contribution >= 0.6 is 23.1 Å². The average molecular weight is 380 g/mol. The molecule has 0 radical (unpaired) electrons. The highest BCUT2D eigenvalue weighted by molar-refractivity contribution is 8.00. The van der Waals surface area contributed by atoms with Crippen molar-refractivity contribution in [3.63, 3.8) is 0 Å². The number of aryl methyl sites for hydroxylation is 2. The molecule has 134 valence electrons. The van der Waals surface area contributed by atoms with Gasteiger partial charge in [0.25, 0.3) is 0 Å². The van der Waals surface area contributed by atoms with Gasteiger partial charge in [0, 0.05) is 16.2 Å². The molecule has 2 aromatic heterocycles. The molecule has 1 N–H and O–H groups in total. The first-order valence-corrected chi connectivity index (χ1v) is 10.1. The molecule has 25 heavy (non-hydrogen) atoms. The van der Waals surface area contributed by atoms with Crippen molar-refractivity contribution in [2.45, 2.75) is 44.6 Å². The fourth-order valence-electron chi connectivity index (χ4n) is 2.42. The number of ether oxygens (including phenoxy) is 1. The summed E-state index contributed by atoms with van der Waals surface area (Å²) in [4.78, 5) is 35.0. The van der Waals surface area contributed by atoms with E-state index in [1.54, 1.807) is 18.3 Å². The van der Waals surface area contributed by atoms with E-state index in [2.05, 4.69) is 19.2 Å². The second-order valence-corrected chi connectivity index (χ2v) is 8.16. The van der Waals surface area contributed by atoms with E-state index >= 15 is 0 Å². The lowest BCUT2D eigenvalue weighted by molar-refractivity contribution is -0.143. The summed E-state index contributed by atoms with van der Waals surface area (Å²) in [5.74, 6) is 0.935. The van der Waals surface area contributed by atoms with Gasteiger partial charge in [-0.15, -0.1) is 11.3 Å². The van der Waals surface area contributed by atoms with Crippen LogP contribution in [-0.4, -0.2) is 40.7 Å². The minimum absolute atomic E-state index is 0.101. The van der Waals surface area contributed by atoms with Crippen LogP contribution in [0.5, 0.6) is 0 Å². The van der Waals surface area contributed by atoms with Crippen molar-refractivity contribution in [3.8, 4) is 0 Å². The Morgan fingerprint density at radius 1 is 1.32 bits per heavy atom. The molecule has 1 aliphatic carbocycles. The molecule has 3 rings (SSSR count). The SMILES string of the molecule is CCOC(=O)CNC(=O)CSc1nc(C2CC2)nc2sc(C)c(C)c12. The van der Waals surface area contributed by atoms with Crippen molar-refractivity contribution in [3.05, 3.63) is 16.3 Å². The Balaban J connectivity index is 1.72. The fourth-order valence-corrected chi connectivity index (χ4v) is 4.45. The smallest absolute Gasteiger partial charge is 0.325 e. The lowest BCUT2D eigenvalue weighted by Crippen LogP contribution is -2.31. The zero-order chi connectivity index (χ0) is 18.0. The molecule has 1 aliphatic rings. The Morgan fingerprint density at radius 3 is 2.76 bits per heavy atom. The van der Waals surface area contributed by atoms with E-state index in [0.29, 0.717) is 12.5 Å². The topological polar surface area (TPSA) is 81.2 Å². The van der Waals surface area contributed by atoms with Gasteiger partial charge in [0.2, 0.25) is 5.91 Å². The van der Waals surface area contributed by atoms with E-state index in [1.165, 1.54) is 22.2 Å². The Bertz CT molecular complexity index is 815. The van der Waals surface area contributed by atoms with Crippen molar-refractivity contribution in [1.82, 2.24) is 15.3 Å². The average Bonchev–Trinajstić information content (AvgIpc) is 3.38. The van der Waals surface area contributed by atoms with Crippen LogP contribution < -0.4 is 5.32 Å². The van der Waals surface area contributed by atoms with Gasteiger partial charge in [-0.3, -0.25) is 9.59 Å². The summed E-state index contributed by atoms with van der Waals surface area (Å²) in [5, 5.41) is 4.49. The summed E-state index contributed by atoms with van der Waals surface area (Å²) in [5.41, 5.74) is 1.18. The van der Waals surface area contributed by atoms with Gasteiger partial charge in [-0.1, -0.05) is 11.8 Å². The number of amides is 1. The minimum Gasteiger partial charge on any atom is -0.465 e. The van der Waals surface area contributed by atoms with E-state index in [9.17, 15) is 9.59 Å². The molecule has 2 aromatic rings. The largest absolute Gasteiger partial charge is 0.465 e. The van der Waals surface area contributed by atoms with Gasteiger partial charge in [0.15, 0.2) is 0 Å². The summed E-state index contributed by atoms with van der Waals surface area (Å²) >= 11 is 3.08. The van der Waals surface area contributed by atoms with Crippen molar-refractivity contribution < 1.29 is 14.3 Å². The van der Waals surface area contributed by atoms with Crippen LogP contribution in [0, 0.1) is 13.8 Å². The summed E-state index contributed by atoms with van der Waals surface area (Å²) in [6.45, 7) is 6.09. The van der Waals surface area contributed by atoms with Gasteiger partial charge >= 0.3 is 5.97 Å². The first-order chi connectivity index (χ1) is 12.0. The van der Waals surface area contributed by atoms with E-state index < -0.39 is 5.97 Å². The van der Waals surface area contributed by atoms with E-state index in [1.807, 2.05) is 0 Å². The van der Waals surface area contributed by atoms with Crippen LogP contribution in [0.1, 0.15) is 41.9 Å². The quantitative estimate of drug-likeness (QED) is 0.452. The number of rotatable bonds is 7. The predicted molar refractivity (Wildman–Crippen MR) is 99.2 cm³/mol. The van der Waals surface area contributed by atoms with Crippen LogP contribution in [0.2, 0.25) is 0 Å². The molecule has 1 fully saturated rings. The molecule has 0 spiro atoms. The molecule has 1 amide bonds. The second-order valence-electron chi connectivity index (χ2n) is 6.00. The van der Waals surface area contributed by atoms with Crippen LogP contribution in [0.3, 0.4) is 0 Å². The number of thiophene rings is 1. The Morgan fingerprint density at radius 2 is 2.08 bits per heavy atom. The van der Waals surface area contributed by atoms with Crippen LogP contribution in [0.4, 0.5) is 0 Å². The molecule has 1 saturated carbocycles. The number of nitrogens with one attached hydrogen (secondary N) is 1. The fraction of sp³-hybridized carbons (Fsp3) is 0.529. The summed E-state index contributed by atoms with van der Waals surface area (Å²) in [7, 11) is 0. The highest BCUT2D eigenvalue weighted by atomic mass is 32.2. The molecule has 2 heterocycles. The predicted octanol–water partition coefficient (Wildman–Crippen LogP) is 2.96. The monoisotopic (exact) mass is 379 g/mol. The zero-order valence-electron chi connectivity index (χ0n) is 14.5. The zero-order valence-corrected chi connectivity index (χ0v) is 16.2. The standard InChI is InChI=1S/C17H21N3O3S2/c1-4-23-13(22)7-18-12(21)8-24-16-14-9(2)10(3)25-17(14)20-15(19-16)11-5-6-11/h11H,4-8H2,1-3H3,(H,18,21). The van der Waals surface area contributed by atoms with Crippen LogP contribution in [0.25, 0.3) is 10.2 Å². The van der Waals surface area contributed by atoms with Crippen molar-refractivity contribution in [2.75, 3.05) is 18.9 Å². The Labute approximate surface area is 154 Å². The first-order valence-electron chi connectivity index (χ1n) is 8.32. The number of thioether (sulfide) groups is 1. The highest BCUT2D eigenvalue weighted by Gasteiger charge is 2.28. The molecule has 0 aliphatic heterocycles. The van der Waals surface area contributed by atoms with Crippen LogP contribution in [0.15, 0.2) is 5.03 Å². The van der Waals surface area contributed by atoms with Gasteiger partial charge in [-0.25, -0.2) is 9.97 Å².